The van der Waals surface area contributed by atoms with Crippen molar-refractivity contribution in [2.24, 2.45) is 17.6 Å². The molecule has 0 saturated heterocycles. The SMILES string of the molecule is CC(C)COc1ncnc2[nH]cc(C=C(C(N)=O)C3CC3)c12. The van der Waals surface area contributed by atoms with Crippen molar-refractivity contribution >= 4 is 23.0 Å². The Morgan fingerprint density at radius 1 is 1.50 bits per heavy atom. The molecule has 0 bridgehead atoms. The van der Waals surface area contributed by atoms with Gasteiger partial charge in [-0.2, -0.15) is 0 Å². The molecule has 22 heavy (non-hydrogen) atoms. The molecule has 2 heterocycles. The number of H-pyrrole nitrogens is 1. The Labute approximate surface area is 128 Å². The molecular weight excluding hydrogens is 280 g/mol. The van der Waals surface area contributed by atoms with Gasteiger partial charge < -0.3 is 15.5 Å². The molecule has 0 radical (unpaired) electrons. The Morgan fingerprint density at radius 2 is 2.27 bits per heavy atom. The van der Waals surface area contributed by atoms with Crippen LogP contribution >= 0.6 is 0 Å². The maximum absolute atomic E-state index is 11.6. The van der Waals surface area contributed by atoms with Crippen molar-refractivity contribution in [2.45, 2.75) is 26.7 Å². The number of aromatic nitrogens is 3. The minimum atomic E-state index is -0.363. The molecule has 0 atom stereocenters. The van der Waals surface area contributed by atoms with E-state index in [0.29, 0.717) is 29.6 Å². The third kappa shape index (κ3) is 2.95. The van der Waals surface area contributed by atoms with Gasteiger partial charge in [0.1, 0.15) is 12.0 Å². The van der Waals surface area contributed by atoms with Crippen LogP contribution in [0.1, 0.15) is 32.3 Å². The average molecular weight is 300 g/mol. The van der Waals surface area contributed by atoms with Gasteiger partial charge in [0.25, 0.3) is 0 Å². The highest BCUT2D eigenvalue weighted by molar-refractivity contribution is 6.01. The van der Waals surface area contributed by atoms with E-state index in [-0.39, 0.29) is 11.8 Å². The van der Waals surface area contributed by atoms with Crippen LogP contribution in [0, 0.1) is 11.8 Å². The van der Waals surface area contributed by atoms with Crippen LogP contribution in [-0.4, -0.2) is 27.5 Å². The second-order valence-electron chi connectivity index (χ2n) is 6.09. The molecule has 0 aliphatic heterocycles. The van der Waals surface area contributed by atoms with E-state index in [1.165, 1.54) is 6.33 Å². The second-order valence-corrected chi connectivity index (χ2v) is 6.09. The fraction of sp³-hybridized carbons (Fsp3) is 0.438. The van der Waals surface area contributed by atoms with Gasteiger partial charge in [-0.05, 0) is 30.8 Å². The zero-order chi connectivity index (χ0) is 15.7. The number of aromatic amines is 1. The number of ether oxygens (including phenoxy) is 1. The van der Waals surface area contributed by atoms with Gasteiger partial charge in [0.2, 0.25) is 11.8 Å². The van der Waals surface area contributed by atoms with E-state index in [2.05, 4.69) is 28.8 Å². The summed E-state index contributed by atoms with van der Waals surface area (Å²) >= 11 is 0. The molecule has 6 heteroatoms. The average Bonchev–Trinajstić information content (AvgIpc) is 3.23. The van der Waals surface area contributed by atoms with Crippen LogP contribution in [0.2, 0.25) is 0 Å². The molecule has 0 spiro atoms. The molecule has 0 aromatic carbocycles. The lowest BCUT2D eigenvalue weighted by Gasteiger charge is -2.09. The van der Waals surface area contributed by atoms with Crippen LogP contribution < -0.4 is 10.5 Å². The molecule has 2 aromatic heterocycles. The number of nitrogens with one attached hydrogen (secondary N) is 1. The van der Waals surface area contributed by atoms with E-state index in [0.717, 1.165) is 23.8 Å². The molecule has 0 unspecified atom stereocenters. The summed E-state index contributed by atoms with van der Waals surface area (Å²) in [6.07, 6.45) is 7.16. The number of rotatable bonds is 6. The summed E-state index contributed by atoms with van der Waals surface area (Å²) in [5.41, 5.74) is 7.70. The standard InChI is InChI=1S/C16H20N4O2/c1-9(2)7-22-16-13-11(6-18-15(13)19-8-20-16)5-12(14(17)21)10-3-4-10/h5-6,8-10H,3-4,7H2,1-2H3,(H2,17,21)(H,18,19,20). The molecule has 6 nitrogen and oxygen atoms in total. The predicted molar refractivity (Wildman–Crippen MR) is 84.1 cm³/mol. The highest BCUT2D eigenvalue weighted by Gasteiger charge is 2.29. The molecule has 2 aromatic rings. The van der Waals surface area contributed by atoms with E-state index in [1.807, 2.05) is 12.3 Å². The number of carbonyl (C=O) groups excluding carboxylic acids is 1. The Balaban J connectivity index is 2.02. The maximum Gasteiger partial charge on any atom is 0.244 e. The molecule has 1 fully saturated rings. The van der Waals surface area contributed by atoms with Crippen molar-refractivity contribution in [1.82, 2.24) is 15.0 Å². The van der Waals surface area contributed by atoms with Gasteiger partial charge in [-0.25, -0.2) is 9.97 Å². The van der Waals surface area contributed by atoms with Crippen LogP contribution in [0.4, 0.5) is 0 Å². The highest BCUT2D eigenvalue weighted by Crippen LogP contribution is 2.38. The third-order valence-corrected chi connectivity index (χ3v) is 3.63. The molecular formula is C16H20N4O2. The van der Waals surface area contributed by atoms with Gasteiger partial charge in [-0.15, -0.1) is 0 Å². The zero-order valence-electron chi connectivity index (χ0n) is 12.8. The van der Waals surface area contributed by atoms with Gasteiger partial charge in [0.15, 0.2) is 0 Å². The van der Waals surface area contributed by atoms with Gasteiger partial charge in [0.05, 0.1) is 12.0 Å². The number of fused-ring (bicyclic) bond motifs is 1. The number of carbonyl (C=O) groups is 1. The van der Waals surface area contributed by atoms with E-state index in [1.54, 1.807) is 0 Å². The van der Waals surface area contributed by atoms with Gasteiger partial charge in [0, 0.05) is 17.3 Å². The number of hydrogen-bond donors (Lipinski definition) is 2. The molecule has 1 aliphatic carbocycles. The Hall–Kier alpha value is -2.37. The first kappa shape index (κ1) is 14.6. The molecule has 3 rings (SSSR count). The van der Waals surface area contributed by atoms with E-state index in [9.17, 15) is 4.79 Å². The van der Waals surface area contributed by atoms with Crippen molar-refractivity contribution in [3.05, 3.63) is 23.7 Å². The first-order valence-electron chi connectivity index (χ1n) is 7.52. The molecule has 116 valence electrons. The quantitative estimate of drug-likeness (QED) is 0.800. The minimum absolute atomic E-state index is 0.284. The van der Waals surface area contributed by atoms with E-state index < -0.39 is 0 Å². The summed E-state index contributed by atoms with van der Waals surface area (Å²) < 4.78 is 5.78. The topological polar surface area (TPSA) is 93.9 Å². The Bertz CT molecular complexity index is 729. The van der Waals surface area contributed by atoms with Crippen LogP contribution in [0.3, 0.4) is 0 Å². The van der Waals surface area contributed by atoms with E-state index in [4.69, 9.17) is 10.5 Å². The van der Waals surface area contributed by atoms with Crippen LogP contribution in [0.15, 0.2) is 18.1 Å². The monoisotopic (exact) mass is 300 g/mol. The molecule has 1 amide bonds. The lowest BCUT2D eigenvalue weighted by Crippen LogP contribution is -2.15. The second kappa shape index (κ2) is 5.79. The summed E-state index contributed by atoms with van der Waals surface area (Å²) in [6, 6.07) is 0. The van der Waals surface area contributed by atoms with Crippen LogP contribution in [0.25, 0.3) is 17.1 Å². The van der Waals surface area contributed by atoms with E-state index >= 15 is 0 Å². The number of nitrogens with zero attached hydrogens (tertiary/aromatic N) is 2. The smallest absolute Gasteiger partial charge is 0.244 e. The maximum atomic E-state index is 11.6. The zero-order valence-corrected chi connectivity index (χ0v) is 12.8. The summed E-state index contributed by atoms with van der Waals surface area (Å²) in [5.74, 6) is 0.854. The van der Waals surface area contributed by atoms with Crippen molar-refractivity contribution in [1.29, 1.82) is 0 Å². The predicted octanol–water partition coefficient (Wildman–Crippen LogP) is 2.27. The van der Waals surface area contributed by atoms with Crippen molar-refractivity contribution in [3.8, 4) is 5.88 Å². The van der Waals surface area contributed by atoms with Crippen molar-refractivity contribution in [3.63, 3.8) is 0 Å². The summed E-state index contributed by atoms with van der Waals surface area (Å²) in [4.78, 5) is 23.2. The van der Waals surface area contributed by atoms with Crippen LogP contribution in [-0.2, 0) is 4.79 Å². The summed E-state index contributed by atoms with van der Waals surface area (Å²) in [5, 5.41) is 0.794. The summed E-state index contributed by atoms with van der Waals surface area (Å²) in [6.45, 7) is 4.73. The number of hydrogen-bond acceptors (Lipinski definition) is 4. The Morgan fingerprint density at radius 3 is 2.91 bits per heavy atom. The van der Waals surface area contributed by atoms with Gasteiger partial charge >= 0.3 is 0 Å². The van der Waals surface area contributed by atoms with Gasteiger partial charge in [-0.1, -0.05) is 13.8 Å². The lowest BCUT2D eigenvalue weighted by atomic mass is 10.1. The fourth-order valence-corrected chi connectivity index (χ4v) is 2.38. The Kier molecular flexibility index (Phi) is 3.83. The fourth-order valence-electron chi connectivity index (χ4n) is 2.38. The number of primary amides is 1. The first-order valence-corrected chi connectivity index (χ1v) is 7.52. The normalized spacial score (nSPS) is 15.5. The highest BCUT2D eigenvalue weighted by atomic mass is 16.5. The minimum Gasteiger partial charge on any atom is -0.477 e. The van der Waals surface area contributed by atoms with Gasteiger partial charge in [-0.3, -0.25) is 4.79 Å². The summed E-state index contributed by atoms with van der Waals surface area (Å²) in [7, 11) is 0. The molecule has 3 N–H and O–H groups in total. The lowest BCUT2D eigenvalue weighted by molar-refractivity contribution is -0.114. The van der Waals surface area contributed by atoms with Crippen molar-refractivity contribution < 1.29 is 9.53 Å². The number of amides is 1. The molecule has 1 aliphatic rings. The number of nitrogens with two attached hydrogens (primary N) is 1. The first-order chi connectivity index (χ1) is 10.6. The van der Waals surface area contributed by atoms with Crippen LogP contribution in [0.5, 0.6) is 5.88 Å². The third-order valence-electron chi connectivity index (χ3n) is 3.63. The largest absolute Gasteiger partial charge is 0.477 e. The molecule has 1 saturated carbocycles. The van der Waals surface area contributed by atoms with Crippen molar-refractivity contribution in [2.75, 3.05) is 6.61 Å².